The number of piperidine rings is 1. The Morgan fingerprint density at radius 3 is 3.05 bits per heavy atom. The molecule has 19 heavy (non-hydrogen) atoms. The van der Waals surface area contributed by atoms with E-state index >= 15 is 0 Å². The van der Waals surface area contributed by atoms with Crippen molar-refractivity contribution in [2.24, 2.45) is 7.05 Å². The van der Waals surface area contributed by atoms with E-state index in [1.807, 2.05) is 18.1 Å². The lowest BCUT2D eigenvalue weighted by molar-refractivity contribution is -0.132. The number of carbonyl (C=O) groups excluding carboxylic acids is 1. The third-order valence-electron chi connectivity index (χ3n) is 3.44. The molecule has 2 rings (SSSR count). The standard InChI is InChI=1S/C13H22N4O2/c1-15(7-11-6-14-16(2)8-11)13(19)10-17-5-3-4-12(18)9-17/h6,8,12,18H,3-5,7,9-10H2,1-2H3. The number of aliphatic hydroxyl groups is 1. The minimum Gasteiger partial charge on any atom is -0.392 e. The number of hydrogen-bond acceptors (Lipinski definition) is 4. The number of rotatable bonds is 4. The largest absolute Gasteiger partial charge is 0.392 e. The van der Waals surface area contributed by atoms with E-state index in [0.717, 1.165) is 24.9 Å². The first kappa shape index (κ1) is 14.0. The number of likely N-dealkylation sites (tertiary alicyclic amines) is 1. The second-order valence-corrected chi connectivity index (χ2v) is 5.30. The Kier molecular flexibility index (Phi) is 4.55. The van der Waals surface area contributed by atoms with Crippen LogP contribution in [0.2, 0.25) is 0 Å². The maximum absolute atomic E-state index is 12.1. The summed E-state index contributed by atoms with van der Waals surface area (Å²) in [6.45, 7) is 2.45. The highest BCUT2D eigenvalue weighted by Crippen LogP contribution is 2.10. The van der Waals surface area contributed by atoms with Crippen LogP contribution in [0.5, 0.6) is 0 Å². The summed E-state index contributed by atoms with van der Waals surface area (Å²) in [5, 5.41) is 13.7. The molecular weight excluding hydrogens is 244 g/mol. The number of aromatic nitrogens is 2. The summed E-state index contributed by atoms with van der Waals surface area (Å²) in [5.41, 5.74) is 1.03. The van der Waals surface area contributed by atoms with E-state index in [1.54, 1.807) is 22.8 Å². The molecule has 0 saturated carbocycles. The van der Waals surface area contributed by atoms with E-state index in [4.69, 9.17) is 0 Å². The van der Waals surface area contributed by atoms with Crippen LogP contribution in [0.25, 0.3) is 0 Å². The van der Waals surface area contributed by atoms with Crippen LogP contribution >= 0.6 is 0 Å². The van der Waals surface area contributed by atoms with Gasteiger partial charge in [-0.05, 0) is 19.4 Å². The summed E-state index contributed by atoms with van der Waals surface area (Å²) in [6, 6.07) is 0. The Balaban J connectivity index is 1.81. The summed E-state index contributed by atoms with van der Waals surface area (Å²) in [4.78, 5) is 15.8. The maximum Gasteiger partial charge on any atom is 0.236 e. The smallest absolute Gasteiger partial charge is 0.236 e. The number of aliphatic hydroxyl groups excluding tert-OH is 1. The Morgan fingerprint density at radius 2 is 2.42 bits per heavy atom. The van der Waals surface area contributed by atoms with Crippen LogP contribution in [0.4, 0.5) is 0 Å². The van der Waals surface area contributed by atoms with Crippen LogP contribution in [0.3, 0.4) is 0 Å². The highest BCUT2D eigenvalue weighted by Gasteiger charge is 2.21. The SMILES string of the molecule is CN(Cc1cnn(C)c1)C(=O)CN1CCCC(O)C1. The Hall–Kier alpha value is -1.40. The molecule has 1 aromatic heterocycles. The molecule has 0 radical (unpaired) electrons. The van der Waals surface area contributed by atoms with Gasteiger partial charge in [0.1, 0.15) is 0 Å². The Labute approximate surface area is 113 Å². The third-order valence-corrected chi connectivity index (χ3v) is 3.44. The molecule has 1 N–H and O–H groups in total. The van der Waals surface area contributed by atoms with Gasteiger partial charge < -0.3 is 10.0 Å². The first-order valence-electron chi connectivity index (χ1n) is 6.66. The number of hydrogen-bond donors (Lipinski definition) is 1. The predicted octanol–water partition coefficient (Wildman–Crippen LogP) is -0.165. The van der Waals surface area contributed by atoms with Crippen molar-refractivity contribution in [3.05, 3.63) is 18.0 Å². The molecule has 1 atom stereocenters. The minimum absolute atomic E-state index is 0.0814. The van der Waals surface area contributed by atoms with Gasteiger partial charge >= 0.3 is 0 Å². The van der Waals surface area contributed by atoms with E-state index in [-0.39, 0.29) is 12.0 Å². The molecule has 0 aromatic carbocycles. The number of nitrogens with zero attached hydrogens (tertiary/aromatic N) is 4. The zero-order valence-electron chi connectivity index (χ0n) is 11.6. The van der Waals surface area contributed by atoms with Gasteiger partial charge in [0.15, 0.2) is 0 Å². The molecule has 1 aliphatic heterocycles. The third kappa shape index (κ3) is 4.04. The van der Waals surface area contributed by atoms with Gasteiger partial charge in [-0.3, -0.25) is 14.4 Å². The van der Waals surface area contributed by atoms with Crippen LogP contribution in [0, 0.1) is 0 Å². The molecular formula is C13H22N4O2. The zero-order chi connectivity index (χ0) is 13.8. The topological polar surface area (TPSA) is 61.6 Å². The van der Waals surface area contributed by atoms with Crippen molar-refractivity contribution in [3.8, 4) is 0 Å². The van der Waals surface area contributed by atoms with Crippen LogP contribution in [-0.4, -0.2) is 63.4 Å². The second kappa shape index (κ2) is 6.16. The molecule has 6 heteroatoms. The summed E-state index contributed by atoms with van der Waals surface area (Å²) in [6.07, 6.45) is 5.20. The molecule has 6 nitrogen and oxygen atoms in total. The van der Waals surface area contributed by atoms with Gasteiger partial charge in [0, 0.05) is 38.9 Å². The fourth-order valence-electron chi connectivity index (χ4n) is 2.40. The van der Waals surface area contributed by atoms with Crippen molar-refractivity contribution in [1.29, 1.82) is 0 Å². The molecule has 2 heterocycles. The summed E-state index contributed by atoms with van der Waals surface area (Å²) < 4.78 is 1.73. The average Bonchev–Trinajstić information content (AvgIpc) is 2.74. The van der Waals surface area contributed by atoms with Crippen molar-refractivity contribution in [1.82, 2.24) is 19.6 Å². The first-order chi connectivity index (χ1) is 9.04. The number of amides is 1. The van der Waals surface area contributed by atoms with Crippen molar-refractivity contribution in [2.45, 2.75) is 25.5 Å². The number of aryl methyl sites for hydroxylation is 1. The zero-order valence-corrected chi connectivity index (χ0v) is 11.6. The molecule has 0 bridgehead atoms. The molecule has 0 aliphatic carbocycles. The molecule has 1 amide bonds. The molecule has 1 aromatic rings. The van der Waals surface area contributed by atoms with E-state index in [1.165, 1.54) is 0 Å². The molecule has 1 fully saturated rings. The van der Waals surface area contributed by atoms with Gasteiger partial charge in [-0.1, -0.05) is 0 Å². The summed E-state index contributed by atoms with van der Waals surface area (Å²) in [5.74, 6) is 0.0814. The van der Waals surface area contributed by atoms with Crippen molar-refractivity contribution >= 4 is 5.91 Å². The predicted molar refractivity (Wildman–Crippen MR) is 71.4 cm³/mol. The molecule has 1 aliphatic rings. The highest BCUT2D eigenvalue weighted by molar-refractivity contribution is 5.78. The van der Waals surface area contributed by atoms with Crippen LogP contribution in [0.15, 0.2) is 12.4 Å². The normalized spacial score (nSPS) is 20.5. The van der Waals surface area contributed by atoms with Crippen molar-refractivity contribution < 1.29 is 9.90 Å². The van der Waals surface area contributed by atoms with Crippen LogP contribution in [0.1, 0.15) is 18.4 Å². The van der Waals surface area contributed by atoms with Crippen LogP contribution < -0.4 is 0 Å². The first-order valence-corrected chi connectivity index (χ1v) is 6.66. The highest BCUT2D eigenvalue weighted by atomic mass is 16.3. The van der Waals surface area contributed by atoms with E-state index < -0.39 is 0 Å². The lowest BCUT2D eigenvalue weighted by Crippen LogP contribution is -2.44. The van der Waals surface area contributed by atoms with Crippen molar-refractivity contribution in [2.75, 3.05) is 26.7 Å². The van der Waals surface area contributed by atoms with Gasteiger partial charge in [0.25, 0.3) is 0 Å². The fourth-order valence-corrected chi connectivity index (χ4v) is 2.40. The van der Waals surface area contributed by atoms with Gasteiger partial charge in [0.2, 0.25) is 5.91 Å². The maximum atomic E-state index is 12.1. The Bertz CT molecular complexity index is 432. The van der Waals surface area contributed by atoms with E-state index in [9.17, 15) is 9.90 Å². The van der Waals surface area contributed by atoms with Gasteiger partial charge in [0.05, 0.1) is 18.8 Å². The average molecular weight is 266 g/mol. The summed E-state index contributed by atoms with van der Waals surface area (Å²) >= 11 is 0. The van der Waals surface area contributed by atoms with E-state index in [2.05, 4.69) is 5.10 Å². The lowest BCUT2D eigenvalue weighted by Gasteiger charge is -2.30. The monoisotopic (exact) mass is 266 g/mol. The fraction of sp³-hybridized carbons (Fsp3) is 0.692. The summed E-state index contributed by atoms with van der Waals surface area (Å²) in [7, 11) is 3.66. The Morgan fingerprint density at radius 1 is 1.63 bits per heavy atom. The van der Waals surface area contributed by atoms with Gasteiger partial charge in [-0.15, -0.1) is 0 Å². The molecule has 106 valence electrons. The molecule has 1 saturated heterocycles. The molecule has 0 spiro atoms. The van der Waals surface area contributed by atoms with Gasteiger partial charge in [-0.25, -0.2) is 0 Å². The number of likely N-dealkylation sites (N-methyl/N-ethyl adjacent to an activating group) is 1. The lowest BCUT2D eigenvalue weighted by atomic mass is 10.1. The van der Waals surface area contributed by atoms with E-state index in [0.29, 0.717) is 19.6 Å². The van der Waals surface area contributed by atoms with Crippen molar-refractivity contribution in [3.63, 3.8) is 0 Å². The quantitative estimate of drug-likeness (QED) is 0.822. The second-order valence-electron chi connectivity index (χ2n) is 5.30. The van der Waals surface area contributed by atoms with Crippen LogP contribution in [-0.2, 0) is 18.4 Å². The molecule has 1 unspecified atom stereocenters. The number of carbonyl (C=O) groups is 1. The minimum atomic E-state index is -0.287. The van der Waals surface area contributed by atoms with Gasteiger partial charge in [-0.2, -0.15) is 5.10 Å². The number of β-amino-alcohol motifs (C(OH)–C–C–N with tert-alkyl or cyclic N) is 1.